The van der Waals surface area contributed by atoms with Crippen LogP contribution in [0.1, 0.15) is 0 Å². The normalized spacial score (nSPS) is 11.4. The third kappa shape index (κ3) is 3.09. The fourth-order valence-corrected chi connectivity index (χ4v) is 5.24. The second kappa shape index (κ2) is 6.58. The predicted octanol–water partition coefficient (Wildman–Crippen LogP) is 5.18. The lowest BCUT2D eigenvalue weighted by atomic mass is 10.1. The van der Waals surface area contributed by atoms with E-state index < -0.39 is 7.29 Å². The molecule has 0 saturated heterocycles. The van der Waals surface area contributed by atoms with E-state index in [0.717, 1.165) is 21.7 Å². The monoisotopic (exact) mass is 343 g/mol. The van der Waals surface area contributed by atoms with Gasteiger partial charge in [-0.05, 0) is 47.2 Å². The van der Waals surface area contributed by atoms with Gasteiger partial charge in [0.05, 0.1) is 0 Å². The Hall–Kier alpha value is -2.83. The van der Waals surface area contributed by atoms with E-state index in [4.69, 9.17) is 0 Å². The van der Waals surface area contributed by atoms with Crippen LogP contribution >= 0.6 is 7.29 Å². The summed E-state index contributed by atoms with van der Waals surface area (Å²) in [6.45, 7) is 0. The molecule has 0 aliphatic carbocycles. The maximum Gasteiger partial charge on any atom is 0.227 e. The highest BCUT2D eigenvalue weighted by atomic mass is 31.2. The van der Waals surface area contributed by atoms with Crippen LogP contribution in [0.25, 0.3) is 10.8 Å². The predicted molar refractivity (Wildman–Crippen MR) is 107 cm³/mol. The zero-order chi connectivity index (χ0) is 17.1. The molecule has 0 amide bonds. The van der Waals surface area contributed by atoms with Gasteiger partial charge in [-0.25, -0.2) is 0 Å². The molecule has 4 aromatic carbocycles. The molecule has 0 fully saturated rings. The second-order valence-corrected chi connectivity index (χ2v) is 8.43. The van der Waals surface area contributed by atoms with Crippen molar-refractivity contribution in [3.05, 3.63) is 103 Å². The van der Waals surface area contributed by atoms with Crippen LogP contribution in [0.3, 0.4) is 0 Å². The van der Waals surface area contributed by atoms with Gasteiger partial charge in [-0.1, -0.05) is 66.7 Å². The molecule has 122 valence electrons. The molecule has 0 spiro atoms. The van der Waals surface area contributed by atoms with Gasteiger partial charge in [0.15, 0.2) is 0 Å². The van der Waals surface area contributed by atoms with Crippen LogP contribution in [0, 0.1) is 0 Å². The van der Waals surface area contributed by atoms with Crippen molar-refractivity contribution in [2.24, 2.45) is 0 Å². The van der Waals surface area contributed by atoms with E-state index in [-0.39, 0.29) is 0 Å². The summed E-state index contributed by atoms with van der Waals surface area (Å²) >= 11 is 0. The number of nitrogens with one attached hydrogen (secondary N) is 1. The minimum Gasteiger partial charge on any atom is -0.329 e. The van der Waals surface area contributed by atoms with Crippen molar-refractivity contribution in [3.63, 3.8) is 0 Å². The zero-order valence-electron chi connectivity index (χ0n) is 13.7. The van der Waals surface area contributed by atoms with Crippen molar-refractivity contribution in [2.75, 3.05) is 5.09 Å². The largest absolute Gasteiger partial charge is 0.329 e. The maximum absolute atomic E-state index is 14.0. The summed E-state index contributed by atoms with van der Waals surface area (Å²) in [5, 5.41) is 7.23. The van der Waals surface area contributed by atoms with Crippen molar-refractivity contribution in [3.8, 4) is 0 Å². The summed E-state index contributed by atoms with van der Waals surface area (Å²) < 4.78 is 14.0. The SMILES string of the molecule is O=P(Nc1ccc2ccccc2c1)(c1ccccc1)c1ccccc1. The molecule has 0 atom stereocenters. The van der Waals surface area contributed by atoms with Crippen LogP contribution in [-0.4, -0.2) is 0 Å². The minimum absolute atomic E-state index is 0.800. The molecule has 0 radical (unpaired) electrons. The Labute approximate surface area is 147 Å². The van der Waals surface area contributed by atoms with Gasteiger partial charge in [0.25, 0.3) is 0 Å². The summed E-state index contributed by atoms with van der Waals surface area (Å²) in [7, 11) is -2.97. The minimum atomic E-state index is -2.97. The maximum atomic E-state index is 14.0. The summed E-state index contributed by atoms with van der Waals surface area (Å²) in [6.07, 6.45) is 0. The van der Waals surface area contributed by atoms with Crippen molar-refractivity contribution >= 4 is 34.4 Å². The molecule has 1 N–H and O–H groups in total. The Morgan fingerprint density at radius 2 is 1.08 bits per heavy atom. The number of anilines is 1. The number of hydrogen-bond acceptors (Lipinski definition) is 1. The third-order valence-electron chi connectivity index (χ3n) is 4.28. The van der Waals surface area contributed by atoms with Gasteiger partial charge in [0.1, 0.15) is 0 Å². The highest BCUT2D eigenvalue weighted by Crippen LogP contribution is 2.43. The van der Waals surface area contributed by atoms with E-state index in [2.05, 4.69) is 23.3 Å². The first-order chi connectivity index (χ1) is 12.3. The first-order valence-electron chi connectivity index (χ1n) is 8.24. The molecule has 4 aromatic rings. The Morgan fingerprint density at radius 3 is 1.68 bits per heavy atom. The molecule has 0 aromatic heterocycles. The van der Waals surface area contributed by atoms with Crippen LogP contribution < -0.4 is 15.7 Å². The molecule has 0 saturated carbocycles. The van der Waals surface area contributed by atoms with Crippen molar-refractivity contribution in [1.82, 2.24) is 0 Å². The fourth-order valence-electron chi connectivity index (χ4n) is 2.99. The molecular formula is C22H18NOP. The second-order valence-electron chi connectivity index (χ2n) is 5.95. The average molecular weight is 343 g/mol. The van der Waals surface area contributed by atoms with Crippen LogP contribution in [-0.2, 0) is 4.57 Å². The van der Waals surface area contributed by atoms with E-state index >= 15 is 0 Å². The van der Waals surface area contributed by atoms with E-state index in [1.165, 1.54) is 5.39 Å². The van der Waals surface area contributed by atoms with Crippen LogP contribution in [0.4, 0.5) is 5.69 Å². The molecule has 0 aliphatic heterocycles. The van der Waals surface area contributed by atoms with Crippen molar-refractivity contribution in [2.45, 2.75) is 0 Å². The topological polar surface area (TPSA) is 29.1 Å². The van der Waals surface area contributed by atoms with Gasteiger partial charge in [-0.15, -0.1) is 0 Å². The van der Waals surface area contributed by atoms with E-state index in [9.17, 15) is 4.57 Å². The molecule has 3 heteroatoms. The number of rotatable bonds is 4. The van der Waals surface area contributed by atoms with Gasteiger partial charge in [-0.3, -0.25) is 4.57 Å². The Balaban J connectivity index is 1.82. The highest BCUT2D eigenvalue weighted by Gasteiger charge is 2.27. The smallest absolute Gasteiger partial charge is 0.227 e. The van der Waals surface area contributed by atoms with Crippen molar-refractivity contribution < 1.29 is 4.57 Å². The molecular weight excluding hydrogens is 325 g/mol. The lowest BCUT2D eigenvalue weighted by Gasteiger charge is -2.22. The van der Waals surface area contributed by atoms with Gasteiger partial charge in [-0.2, -0.15) is 0 Å². The first kappa shape index (κ1) is 15.7. The van der Waals surface area contributed by atoms with E-state index in [1.807, 2.05) is 84.9 Å². The number of hydrogen-bond donors (Lipinski definition) is 1. The summed E-state index contributed by atoms with van der Waals surface area (Å²) in [4.78, 5) is 0. The van der Waals surface area contributed by atoms with Crippen LogP contribution in [0.5, 0.6) is 0 Å². The summed E-state index contributed by atoms with van der Waals surface area (Å²) in [6, 6.07) is 33.5. The third-order valence-corrected chi connectivity index (χ3v) is 6.90. The lowest BCUT2D eigenvalue weighted by Crippen LogP contribution is -2.21. The Morgan fingerprint density at radius 1 is 0.560 bits per heavy atom. The molecule has 0 bridgehead atoms. The van der Waals surface area contributed by atoms with Gasteiger partial charge >= 0.3 is 0 Å². The molecule has 4 rings (SSSR count). The Kier molecular flexibility index (Phi) is 4.13. The molecule has 0 heterocycles. The van der Waals surface area contributed by atoms with Crippen molar-refractivity contribution in [1.29, 1.82) is 0 Å². The standard InChI is InChI=1S/C22H18NOP/c24-25(21-11-3-1-4-12-21,22-13-5-2-6-14-22)23-20-16-15-18-9-7-8-10-19(18)17-20/h1-17H,(H,23,24). The fraction of sp³-hybridized carbons (Fsp3) is 0. The average Bonchev–Trinajstić information content (AvgIpc) is 2.69. The first-order valence-corrected chi connectivity index (χ1v) is 9.95. The lowest BCUT2D eigenvalue weighted by molar-refractivity contribution is 0.590. The van der Waals surface area contributed by atoms with Gasteiger partial charge in [0.2, 0.25) is 7.29 Å². The Bertz CT molecular complexity index is 1000. The number of benzene rings is 4. The summed E-state index contributed by atoms with van der Waals surface area (Å²) in [5.74, 6) is 0. The molecule has 0 unspecified atom stereocenters. The van der Waals surface area contributed by atoms with E-state index in [1.54, 1.807) is 0 Å². The van der Waals surface area contributed by atoms with Gasteiger partial charge < -0.3 is 5.09 Å². The highest BCUT2D eigenvalue weighted by molar-refractivity contribution is 7.80. The zero-order valence-corrected chi connectivity index (χ0v) is 14.6. The van der Waals surface area contributed by atoms with E-state index in [0.29, 0.717) is 0 Å². The van der Waals surface area contributed by atoms with Gasteiger partial charge in [0, 0.05) is 16.3 Å². The molecule has 0 aliphatic rings. The molecule has 2 nitrogen and oxygen atoms in total. The van der Waals surface area contributed by atoms with Crippen LogP contribution in [0.2, 0.25) is 0 Å². The quantitative estimate of drug-likeness (QED) is 0.517. The van der Waals surface area contributed by atoms with Crippen LogP contribution in [0.15, 0.2) is 103 Å². The number of fused-ring (bicyclic) bond motifs is 1. The molecule has 25 heavy (non-hydrogen) atoms. The summed E-state index contributed by atoms with van der Waals surface area (Å²) in [5.41, 5.74) is 0.856.